The Morgan fingerprint density at radius 1 is 0.895 bits per heavy atom. The lowest BCUT2D eigenvalue weighted by atomic mass is 10.1. The van der Waals surface area contributed by atoms with Gasteiger partial charge < -0.3 is 4.74 Å². The minimum absolute atomic E-state index is 0.609. The molecule has 1 nitrogen and oxygen atoms in total. The normalized spacial score (nSPS) is 10.8. The summed E-state index contributed by atoms with van der Waals surface area (Å²) in [6, 6.07) is 16.5. The monoisotopic (exact) mass is 396 g/mol. The van der Waals surface area contributed by atoms with Crippen molar-refractivity contribution >= 4 is 54.0 Å². The van der Waals surface area contributed by atoms with E-state index in [9.17, 15) is 0 Å². The number of benzene rings is 2. The number of rotatable bonds is 3. The molecule has 2 aromatic carbocycles. The highest BCUT2D eigenvalue weighted by atomic mass is 79.9. The molecule has 0 atom stereocenters. The molecule has 4 heteroatoms. The molecule has 0 amide bonds. The van der Waals surface area contributed by atoms with E-state index >= 15 is 0 Å². The minimum atomic E-state index is 0.609. The quantitative estimate of drug-likeness (QED) is 0.526. The van der Waals surface area contributed by atoms with Crippen LogP contribution in [-0.2, 0) is 6.61 Å². The van der Waals surface area contributed by atoms with Crippen LogP contribution in [0.3, 0.4) is 0 Å². The maximum absolute atomic E-state index is 5.82. The van der Waals surface area contributed by atoms with Crippen molar-refractivity contribution in [2.24, 2.45) is 0 Å². The van der Waals surface area contributed by atoms with Crippen molar-refractivity contribution in [1.29, 1.82) is 0 Å². The van der Waals surface area contributed by atoms with Crippen molar-refractivity contribution in [3.05, 3.63) is 61.7 Å². The van der Waals surface area contributed by atoms with Crippen LogP contribution in [0.25, 0.3) is 10.8 Å². The van der Waals surface area contributed by atoms with Crippen LogP contribution in [0.5, 0.6) is 5.75 Å². The Hall–Kier alpha value is -0.840. The van der Waals surface area contributed by atoms with Crippen LogP contribution in [0.4, 0.5) is 0 Å². The lowest BCUT2D eigenvalue weighted by Crippen LogP contribution is -1.92. The highest BCUT2D eigenvalue weighted by Gasteiger charge is 2.01. The molecule has 1 aromatic heterocycles. The van der Waals surface area contributed by atoms with Crippen molar-refractivity contribution < 1.29 is 4.74 Å². The SMILES string of the molecule is Brc1ccc2cc(OCc3ccc(Br)s3)ccc2c1. The van der Waals surface area contributed by atoms with Gasteiger partial charge in [-0.25, -0.2) is 0 Å². The fourth-order valence-corrected chi connectivity index (χ4v) is 3.64. The van der Waals surface area contributed by atoms with Crippen LogP contribution in [0.1, 0.15) is 4.88 Å². The number of hydrogen-bond donors (Lipinski definition) is 0. The molecule has 0 radical (unpaired) electrons. The molecule has 0 fully saturated rings. The third kappa shape index (κ3) is 3.19. The zero-order chi connectivity index (χ0) is 13.2. The van der Waals surface area contributed by atoms with Gasteiger partial charge in [0.2, 0.25) is 0 Å². The Morgan fingerprint density at radius 2 is 1.68 bits per heavy atom. The van der Waals surface area contributed by atoms with E-state index in [-0.39, 0.29) is 0 Å². The van der Waals surface area contributed by atoms with E-state index < -0.39 is 0 Å². The fraction of sp³-hybridized carbons (Fsp3) is 0.0667. The first-order valence-electron chi connectivity index (χ1n) is 5.77. The van der Waals surface area contributed by atoms with Gasteiger partial charge in [-0.05, 0) is 63.1 Å². The summed E-state index contributed by atoms with van der Waals surface area (Å²) in [6.07, 6.45) is 0. The summed E-state index contributed by atoms with van der Waals surface area (Å²) in [7, 11) is 0. The van der Waals surface area contributed by atoms with Gasteiger partial charge in [0.15, 0.2) is 0 Å². The van der Waals surface area contributed by atoms with Crippen molar-refractivity contribution in [1.82, 2.24) is 0 Å². The van der Waals surface area contributed by atoms with E-state index in [1.165, 1.54) is 15.6 Å². The first kappa shape index (κ1) is 13.2. The Morgan fingerprint density at radius 3 is 2.47 bits per heavy atom. The molecular formula is C15H10Br2OS. The molecule has 0 spiro atoms. The predicted molar refractivity (Wildman–Crippen MR) is 88.0 cm³/mol. The first-order valence-corrected chi connectivity index (χ1v) is 8.17. The summed E-state index contributed by atoms with van der Waals surface area (Å²) in [5.74, 6) is 0.902. The molecule has 0 aliphatic carbocycles. The predicted octanol–water partition coefficient (Wildman–Crippen LogP) is 6.01. The van der Waals surface area contributed by atoms with Gasteiger partial charge in [0.1, 0.15) is 12.4 Å². The van der Waals surface area contributed by atoms with Crippen molar-refractivity contribution in [2.45, 2.75) is 6.61 Å². The topological polar surface area (TPSA) is 9.23 Å². The standard InChI is InChI=1S/C15H10Br2OS/c16-12-3-1-11-8-13(4-2-10(11)7-12)18-9-14-5-6-15(17)19-14/h1-8H,9H2. The molecule has 3 rings (SSSR count). The Balaban J connectivity index is 1.79. The van der Waals surface area contributed by atoms with Crippen LogP contribution in [0.2, 0.25) is 0 Å². The van der Waals surface area contributed by atoms with E-state index in [1.54, 1.807) is 11.3 Å². The molecule has 0 bridgehead atoms. The Bertz CT molecular complexity index is 721. The van der Waals surface area contributed by atoms with Crippen LogP contribution >= 0.6 is 43.2 Å². The highest BCUT2D eigenvalue weighted by Crippen LogP contribution is 2.26. The first-order chi connectivity index (χ1) is 9.20. The smallest absolute Gasteiger partial charge is 0.122 e. The van der Waals surface area contributed by atoms with Gasteiger partial charge in [0.05, 0.1) is 3.79 Å². The van der Waals surface area contributed by atoms with Crippen molar-refractivity contribution in [3.8, 4) is 5.75 Å². The highest BCUT2D eigenvalue weighted by molar-refractivity contribution is 9.11. The van der Waals surface area contributed by atoms with Crippen molar-refractivity contribution in [2.75, 3.05) is 0 Å². The Kier molecular flexibility index (Phi) is 3.91. The lowest BCUT2D eigenvalue weighted by molar-refractivity contribution is 0.310. The second kappa shape index (κ2) is 5.65. The molecule has 0 aliphatic rings. The maximum atomic E-state index is 5.82. The van der Waals surface area contributed by atoms with Gasteiger partial charge in [-0.3, -0.25) is 0 Å². The molecule has 96 valence electrons. The van der Waals surface area contributed by atoms with Gasteiger partial charge in [-0.1, -0.05) is 28.1 Å². The summed E-state index contributed by atoms with van der Waals surface area (Å²) in [5, 5.41) is 2.40. The molecule has 1 heterocycles. The average Bonchev–Trinajstić information content (AvgIpc) is 2.82. The number of thiophene rings is 1. The van der Waals surface area contributed by atoms with Crippen LogP contribution in [0.15, 0.2) is 56.8 Å². The van der Waals surface area contributed by atoms with E-state index in [0.717, 1.165) is 14.0 Å². The summed E-state index contributed by atoms with van der Waals surface area (Å²) in [5.41, 5.74) is 0. The van der Waals surface area contributed by atoms with E-state index in [0.29, 0.717) is 6.61 Å². The molecule has 0 N–H and O–H groups in total. The zero-order valence-corrected chi connectivity index (χ0v) is 13.9. The summed E-state index contributed by atoms with van der Waals surface area (Å²) in [4.78, 5) is 1.21. The average molecular weight is 398 g/mol. The van der Waals surface area contributed by atoms with E-state index in [4.69, 9.17) is 4.74 Å². The van der Waals surface area contributed by atoms with Crippen LogP contribution in [-0.4, -0.2) is 0 Å². The van der Waals surface area contributed by atoms with Crippen LogP contribution in [0, 0.1) is 0 Å². The van der Waals surface area contributed by atoms with Gasteiger partial charge in [-0.15, -0.1) is 11.3 Å². The molecule has 0 saturated carbocycles. The number of fused-ring (bicyclic) bond motifs is 1. The number of halogens is 2. The third-order valence-corrected chi connectivity index (χ3v) is 4.87. The second-order valence-corrected chi connectivity index (χ2v) is 7.61. The lowest BCUT2D eigenvalue weighted by Gasteiger charge is -2.06. The fourth-order valence-electron chi connectivity index (χ4n) is 1.87. The molecule has 3 aromatic rings. The van der Waals surface area contributed by atoms with E-state index in [2.05, 4.69) is 62.2 Å². The minimum Gasteiger partial charge on any atom is -0.488 e. The van der Waals surface area contributed by atoms with E-state index in [1.807, 2.05) is 18.2 Å². The molecule has 0 saturated heterocycles. The molecule has 0 aliphatic heterocycles. The summed E-state index contributed by atoms with van der Waals surface area (Å²) >= 11 is 8.63. The zero-order valence-electron chi connectivity index (χ0n) is 9.90. The molecular weight excluding hydrogens is 388 g/mol. The molecule has 0 unspecified atom stereocenters. The summed E-state index contributed by atoms with van der Waals surface area (Å²) in [6.45, 7) is 0.609. The van der Waals surface area contributed by atoms with Gasteiger partial charge >= 0.3 is 0 Å². The Labute approximate surface area is 132 Å². The third-order valence-electron chi connectivity index (χ3n) is 2.78. The summed E-state index contributed by atoms with van der Waals surface area (Å²) < 4.78 is 8.05. The number of ether oxygens (including phenoxy) is 1. The maximum Gasteiger partial charge on any atom is 0.122 e. The van der Waals surface area contributed by atoms with Crippen molar-refractivity contribution in [3.63, 3.8) is 0 Å². The van der Waals surface area contributed by atoms with Gasteiger partial charge in [0, 0.05) is 9.35 Å². The molecule has 19 heavy (non-hydrogen) atoms. The van der Waals surface area contributed by atoms with Gasteiger partial charge in [-0.2, -0.15) is 0 Å². The van der Waals surface area contributed by atoms with Gasteiger partial charge in [0.25, 0.3) is 0 Å². The largest absolute Gasteiger partial charge is 0.488 e. The number of hydrogen-bond acceptors (Lipinski definition) is 2. The second-order valence-electron chi connectivity index (χ2n) is 4.15. The van der Waals surface area contributed by atoms with Crippen LogP contribution < -0.4 is 4.74 Å².